The van der Waals surface area contributed by atoms with Crippen LogP contribution in [0.5, 0.6) is 0 Å². The van der Waals surface area contributed by atoms with Gasteiger partial charge in [-0.15, -0.1) is 10.2 Å². The SMILES string of the molecule is CC(C)NC(=O)N1CCC(c2nnc3ccc(C(=O)N4CCN(c5ccncc5)CC4)cn23)C1. The first-order valence-corrected chi connectivity index (χ1v) is 11.8. The minimum atomic E-state index is -0.0481. The van der Waals surface area contributed by atoms with Crippen molar-refractivity contribution in [1.29, 1.82) is 0 Å². The fraction of sp³-hybridized carbons (Fsp3) is 0.458. The lowest BCUT2D eigenvalue weighted by Crippen LogP contribution is -2.48. The summed E-state index contributed by atoms with van der Waals surface area (Å²) in [6, 6.07) is 7.71. The van der Waals surface area contributed by atoms with Gasteiger partial charge in [0.05, 0.1) is 5.56 Å². The van der Waals surface area contributed by atoms with Crippen LogP contribution in [-0.2, 0) is 0 Å². The molecule has 1 unspecified atom stereocenters. The van der Waals surface area contributed by atoms with Crippen LogP contribution in [0.2, 0.25) is 0 Å². The van der Waals surface area contributed by atoms with E-state index >= 15 is 0 Å². The number of pyridine rings is 2. The molecular weight excluding hydrogens is 432 g/mol. The van der Waals surface area contributed by atoms with Crippen LogP contribution in [0.4, 0.5) is 10.5 Å². The van der Waals surface area contributed by atoms with Gasteiger partial charge in [-0.1, -0.05) is 0 Å². The van der Waals surface area contributed by atoms with Gasteiger partial charge in [-0.3, -0.25) is 14.2 Å². The fourth-order valence-electron chi connectivity index (χ4n) is 4.71. The largest absolute Gasteiger partial charge is 0.368 e. The molecule has 178 valence electrons. The van der Waals surface area contributed by atoms with E-state index in [1.807, 2.05) is 58.5 Å². The number of likely N-dealkylation sites (tertiary alicyclic amines) is 1. The molecule has 34 heavy (non-hydrogen) atoms. The van der Waals surface area contributed by atoms with Crippen molar-refractivity contribution in [1.82, 2.24) is 34.7 Å². The maximum absolute atomic E-state index is 13.3. The van der Waals surface area contributed by atoms with E-state index in [2.05, 4.69) is 25.4 Å². The van der Waals surface area contributed by atoms with Gasteiger partial charge in [0.15, 0.2) is 5.65 Å². The van der Waals surface area contributed by atoms with Gasteiger partial charge >= 0.3 is 6.03 Å². The van der Waals surface area contributed by atoms with Gasteiger partial charge in [0.25, 0.3) is 5.91 Å². The predicted octanol–water partition coefficient (Wildman–Crippen LogP) is 1.99. The second-order valence-electron chi connectivity index (χ2n) is 9.22. The zero-order valence-electron chi connectivity index (χ0n) is 19.6. The summed E-state index contributed by atoms with van der Waals surface area (Å²) < 4.78 is 1.91. The van der Waals surface area contributed by atoms with E-state index in [0.29, 0.717) is 37.4 Å². The maximum Gasteiger partial charge on any atom is 0.317 e. The molecule has 5 heterocycles. The fourth-order valence-corrected chi connectivity index (χ4v) is 4.71. The average molecular weight is 463 g/mol. The van der Waals surface area contributed by atoms with E-state index in [0.717, 1.165) is 31.0 Å². The Morgan fingerprint density at radius 1 is 0.971 bits per heavy atom. The smallest absolute Gasteiger partial charge is 0.317 e. The highest BCUT2D eigenvalue weighted by Crippen LogP contribution is 2.27. The Labute approximate surface area is 198 Å². The summed E-state index contributed by atoms with van der Waals surface area (Å²) in [5, 5.41) is 11.7. The van der Waals surface area contributed by atoms with Crippen molar-refractivity contribution in [2.45, 2.75) is 32.2 Å². The molecule has 5 rings (SSSR count). The van der Waals surface area contributed by atoms with Crippen LogP contribution in [0.15, 0.2) is 42.9 Å². The highest BCUT2D eigenvalue weighted by molar-refractivity contribution is 5.94. The summed E-state index contributed by atoms with van der Waals surface area (Å²) in [7, 11) is 0. The number of piperazine rings is 1. The summed E-state index contributed by atoms with van der Waals surface area (Å²) in [6.45, 7) is 8.07. The third-order valence-electron chi connectivity index (χ3n) is 6.52. The number of hydrogen-bond acceptors (Lipinski definition) is 6. The third kappa shape index (κ3) is 4.40. The Morgan fingerprint density at radius 3 is 2.47 bits per heavy atom. The number of carbonyl (C=O) groups is 2. The van der Waals surface area contributed by atoms with Crippen LogP contribution >= 0.6 is 0 Å². The van der Waals surface area contributed by atoms with Crippen molar-refractivity contribution in [3.8, 4) is 0 Å². The molecule has 0 aromatic carbocycles. The average Bonchev–Trinajstić information content (AvgIpc) is 3.51. The zero-order chi connectivity index (χ0) is 23.7. The number of aromatic nitrogens is 4. The van der Waals surface area contributed by atoms with Gasteiger partial charge in [-0.05, 0) is 44.5 Å². The van der Waals surface area contributed by atoms with Crippen LogP contribution < -0.4 is 10.2 Å². The molecule has 3 aromatic heterocycles. The van der Waals surface area contributed by atoms with E-state index in [1.165, 1.54) is 0 Å². The standard InChI is InChI=1S/C24H30N8O2/c1-17(2)26-24(34)31-10-7-18(15-31)22-28-27-21-4-3-19(16-32(21)22)23(33)30-13-11-29(12-14-30)20-5-8-25-9-6-20/h3-6,8-9,16-18H,7,10-15H2,1-2H3,(H,26,34). The van der Waals surface area contributed by atoms with E-state index in [9.17, 15) is 9.59 Å². The first-order chi connectivity index (χ1) is 16.5. The number of rotatable bonds is 4. The molecule has 1 N–H and O–H groups in total. The van der Waals surface area contributed by atoms with Gasteiger partial charge in [-0.2, -0.15) is 0 Å². The molecular formula is C24H30N8O2. The Balaban J connectivity index is 1.28. The molecule has 0 aliphatic carbocycles. The minimum Gasteiger partial charge on any atom is -0.368 e. The Morgan fingerprint density at radius 2 is 1.74 bits per heavy atom. The molecule has 2 fully saturated rings. The molecule has 2 aliphatic rings. The summed E-state index contributed by atoms with van der Waals surface area (Å²) in [5.74, 6) is 0.898. The number of urea groups is 1. The second-order valence-corrected chi connectivity index (χ2v) is 9.22. The molecule has 3 amide bonds. The molecule has 0 saturated carbocycles. The van der Waals surface area contributed by atoms with Crippen molar-refractivity contribution in [3.05, 3.63) is 54.2 Å². The van der Waals surface area contributed by atoms with Crippen LogP contribution in [0.3, 0.4) is 0 Å². The molecule has 0 bridgehead atoms. The highest BCUT2D eigenvalue weighted by Gasteiger charge is 2.31. The minimum absolute atomic E-state index is 0.0142. The number of amides is 3. The molecule has 0 radical (unpaired) electrons. The first-order valence-electron chi connectivity index (χ1n) is 11.8. The monoisotopic (exact) mass is 462 g/mol. The summed E-state index contributed by atoms with van der Waals surface area (Å²) in [4.78, 5) is 35.7. The van der Waals surface area contributed by atoms with Gasteiger partial charge in [0, 0.05) is 75.5 Å². The molecule has 2 saturated heterocycles. The van der Waals surface area contributed by atoms with E-state index in [-0.39, 0.29) is 23.9 Å². The number of fused-ring (bicyclic) bond motifs is 1. The van der Waals surface area contributed by atoms with E-state index in [4.69, 9.17) is 0 Å². The maximum atomic E-state index is 13.3. The second kappa shape index (κ2) is 9.28. The number of nitrogens with one attached hydrogen (secondary N) is 1. The van der Waals surface area contributed by atoms with Crippen molar-refractivity contribution in [2.75, 3.05) is 44.2 Å². The van der Waals surface area contributed by atoms with Crippen molar-refractivity contribution in [3.63, 3.8) is 0 Å². The van der Waals surface area contributed by atoms with Gasteiger partial charge in [0.2, 0.25) is 0 Å². The van der Waals surface area contributed by atoms with Crippen molar-refractivity contribution < 1.29 is 9.59 Å². The lowest BCUT2D eigenvalue weighted by atomic mass is 10.1. The quantitative estimate of drug-likeness (QED) is 0.637. The summed E-state index contributed by atoms with van der Waals surface area (Å²) >= 11 is 0. The molecule has 10 nitrogen and oxygen atoms in total. The summed E-state index contributed by atoms with van der Waals surface area (Å²) in [6.07, 6.45) is 6.25. The Kier molecular flexibility index (Phi) is 6.04. The molecule has 0 spiro atoms. The normalized spacial score (nSPS) is 18.7. The Bertz CT molecular complexity index is 1170. The first kappa shape index (κ1) is 22.1. The molecule has 1 atom stereocenters. The number of nitrogens with zero attached hydrogens (tertiary/aromatic N) is 7. The lowest BCUT2D eigenvalue weighted by Gasteiger charge is -2.36. The number of hydrogen-bond donors (Lipinski definition) is 1. The van der Waals surface area contributed by atoms with Gasteiger partial charge < -0.3 is 20.0 Å². The van der Waals surface area contributed by atoms with Gasteiger partial charge in [0.1, 0.15) is 5.82 Å². The molecule has 3 aromatic rings. The Hall–Kier alpha value is -3.69. The van der Waals surface area contributed by atoms with E-state index < -0.39 is 0 Å². The zero-order valence-corrected chi connectivity index (χ0v) is 19.6. The van der Waals surface area contributed by atoms with Crippen LogP contribution in [0, 0.1) is 0 Å². The third-order valence-corrected chi connectivity index (χ3v) is 6.52. The number of anilines is 1. The van der Waals surface area contributed by atoms with Crippen molar-refractivity contribution >= 4 is 23.3 Å². The number of carbonyl (C=O) groups excluding carboxylic acids is 2. The molecule has 10 heteroatoms. The highest BCUT2D eigenvalue weighted by atomic mass is 16.2. The van der Waals surface area contributed by atoms with Crippen LogP contribution in [0.25, 0.3) is 5.65 Å². The van der Waals surface area contributed by atoms with Gasteiger partial charge in [-0.25, -0.2) is 4.79 Å². The van der Waals surface area contributed by atoms with Crippen molar-refractivity contribution in [2.24, 2.45) is 0 Å². The van der Waals surface area contributed by atoms with Crippen LogP contribution in [0.1, 0.15) is 42.4 Å². The molecule has 2 aliphatic heterocycles. The van der Waals surface area contributed by atoms with Crippen LogP contribution in [-0.4, -0.2) is 86.6 Å². The topological polar surface area (TPSA) is 99.0 Å². The summed E-state index contributed by atoms with van der Waals surface area (Å²) in [5.41, 5.74) is 2.46. The lowest BCUT2D eigenvalue weighted by molar-refractivity contribution is 0.0746. The van der Waals surface area contributed by atoms with E-state index in [1.54, 1.807) is 12.4 Å². The predicted molar refractivity (Wildman–Crippen MR) is 128 cm³/mol.